The van der Waals surface area contributed by atoms with Crippen LogP contribution in [0.1, 0.15) is 31.9 Å². The molecule has 2 rings (SSSR count). The van der Waals surface area contributed by atoms with Gasteiger partial charge < -0.3 is 15.4 Å². The van der Waals surface area contributed by atoms with Gasteiger partial charge in [-0.1, -0.05) is 13.0 Å². The molecule has 1 heterocycles. The number of carbonyl (C=O) groups is 1. The minimum Gasteiger partial charge on any atom is -0.481 e. The van der Waals surface area contributed by atoms with Crippen LogP contribution in [0.2, 0.25) is 0 Å². The van der Waals surface area contributed by atoms with Gasteiger partial charge in [0.1, 0.15) is 11.8 Å². The Hall–Kier alpha value is -1.76. The number of anilines is 1. The molecule has 0 spiro atoms. The molecule has 0 fully saturated rings. The van der Waals surface area contributed by atoms with Gasteiger partial charge in [-0.3, -0.25) is 4.79 Å². The first-order chi connectivity index (χ1) is 9.82. The fourth-order valence-corrected chi connectivity index (χ4v) is 2.08. The lowest BCUT2D eigenvalue weighted by Gasteiger charge is -2.18. The minimum absolute atomic E-state index is 0.0787. The number of carbonyl (C=O) groups excluding carboxylic acids is 1. The summed E-state index contributed by atoms with van der Waals surface area (Å²) in [7, 11) is 0. The second-order valence-electron chi connectivity index (χ2n) is 4.93. The zero-order valence-corrected chi connectivity index (χ0v) is 11.8. The Morgan fingerprint density at radius 1 is 1.43 bits per heavy atom. The summed E-state index contributed by atoms with van der Waals surface area (Å²) in [6.45, 7) is 3.61. The molecule has 1 amide bonds. The van der Waals surface area contributed by atoms with Gasteiger partial charge >= 0.3 is 6.18 Å². The number of benzene rings is 1. The van der Waals surface area contributed by atoms with Crippen molar-refractivity contribution in [3.63, 3.8) is 0 Å². The summed E-state index contributed by atoms with van der Waals surface area (Å²) in [6.07, 6.45) is -5.45. The van der Waals surface area contributed by atoms with Gasteiger partial charge in [-0.05, 0) is 26.0 Å². The van der Waals surface area contributed by atoms with Gasteiger partial charge in [-0.15, -0.1) is 0 Å². The van der Waals surface area contributed by atoms with Crippen LogP contribution in [-0.2, 0) is 4.79 Å². The molecule has 0 aliphatic carbocycles. The molecule has 0 saturated heterocycles. The summed E-state index contributed by atoms with van der Waals surface area (Å²) >= 11 is 0. The van der Waals surface area contributed by atoms with Gasteiger partial charge in [-0.2, -0.15) is 13.2 Å². The highest BCUT2D eigenvalue weighted by molar-refractivity contribution is 6.02. The van der Waals surface area contributed by atoms with Crippen molar-refractivity contribution in [1.29, 1.82) is 0 Å². The van der Waals surface area contributed by atoms with Gasteiger partial charge in [0.25, 0.3) is 0 Å². The van der Waals surface area contributed by atoms with Crippen LogP contribution in [0.25, 0.3) is 0 Å². The van der Waals surface area contributed by atoms with Crippen molar-refractivity contribution in [2.75, 3.05) is 11.9 Å². The predicted octanol–water partition coefficient (Wildman–Crippen LogP) is 3.01. The maximum absolute atomic E-state index is 12.5. The zero-order valence-electron chi connectivity index (χ0n) is 11.8. The SMILES string of the molecule is CCCNC1C(=O)Nc2cc(OC(C)C(F)(F)F)ccc21. The topological polar surface area (TPSA) is 50.4 Å². The smallest absolute Gasteiger partial charge is 0.425 e. The highest BCUT2D eigenvalue weighted by Gasteiger charge is 2.38. The second kappa shape index (κ2) is 5.93. The van der Waals surface area contributed by atoms with Crippen molar-refractivity contribution < 1.29 is 22.7 Å². The predicted molar refractivity (Wildman–Crippen MR) is 72.3 cm³/mol. The van der Waals surface area contributed by atoms with E-state index >= 15 is 0 Å². The van der Waals surface area contributed by atoms with Crippen LogP contribution in [0.3, 0.4) is 0 Å². The first-order valence-electron chi connectivity index (χ1n) is 6.74. The van der Waals surface area contributed by atoms with E-state index in [-0.39, 0.29) is 11.7 Å². The number of hydrogen-bond acceptors (Lipinski definition) is 3. The Kier molecular flexibility index (Phi) is 4.41. The van der Waals surface area contributed by atoms with Crippen LogP contribution in [0.4, 0.5) is 18.9 Å². The van der Waals surface area contributed by atoms with Gasteiger partial charge in [0.2, 0.25) is 5.91 Å². The second-order valence-corrected chi connectivity index (χ2v) is 4.93. The molecule has 1 aliphatic heterocycles. The van der Waals surface area contributed by atoms with Gasteiger partial charge in [0.15, 0.2) is 6.10 Å². The van der Waals surface area contributed by atoms with E-state index in [1.807, 2.05) is 6.92 Å². The van der Waals surface area contributed by atoms with Gasteiger partial charge in [0, 0.05) is 17.3 Å². The fourth-order valence-electron chi connectivity index (χ4n) is 2.08. The first kappa shape index (κ1) is 15.6. The molecule has 0 bridgehead atoms. The largest absolute Gasteiger partial charge is 0.481 e. The van der Waals surface area contributed by atoms with Gasteiger partial charge in [0.05, 0.1) is 0 Å². The molecule has 116 valence electrons. The Bertz CT molecular complexity index is 531. The number of fused-ring (bicyclic) bond motifs is 1. The molecule has 1 aromatic rings. The number of ether oxygens (including phenoxy) is 1. The van der Waals surface area contributed by atoms with E-state index in [9.17, 15) is 18.0 Å². The van der Waals surface area contributed by atoms with E-state index in [1.54, 1.807) is 6.07 Å². The number of hydrogen-bond donors (Lipinski definition) is 2. The molecule has 2 N–H and O–H groups in total. The van der Waals surface area contributed by atoms with Crippen LogP contribution >= 0.6 is 0 Å². The van der Waals surface area contributed by atoms with Crippen molar-refractivity contribution in [2.24, 2.45) is 0 Å². The summed E-state index contributed by atoms with van der Waals surface area (Å²) in [6, 6.07) is 4.01. The highest BCUT2D eigenvalue weighted by atomic mass is 19.4. The van der Waals surface area contributed by atoms with E-state index in [2.05, 4.69) is 10.6 Å². The van der Waals surface area contributed by atoms with Crippen molar-refractivity contribution >= 4 is 11.6 Å². The molecule has 21 heavy (non-hydrogen) atoms. The van der Waals surface area contributed by atoms with Crippen molar-refractivity contribution in [3.8, 4) is 5.75 Å². The van der Waals surface area contributed by atoms with Crippen molar-refractivity contribution in [2.45, 2.75) is 38.6 Å². The summed E-state index contributed by atoms with van der Waals surface area (Å²) in [5.41, 5.74) is 1.21. The average Bonchev–Trinajstić information content (AvgIpc) is 2.70. The normalized spacial score (nSPS) is 19.1. The minimum atomic E-state index is -4.42. The lowest BCUT2D eigenvalue weighted by atomic mass is 10.1. The van der Waals surface area contributed by atoms with E-state index in [0.717, 1.165) is 18.9 Å². The standard InChI is InChI=1S/C14H17F3N2O2/c1-3-6-18-12-10-5-4-9(7-11(10)19-13(12)20)21-8(2)14(15,16)17/h4-5,7-8,12,18H,3,6H2,1-2H3,(H,19,20). The maximum atomic E-state index is 12.5. The number of halogens is 3. The van der Waals surface area contributed by atoms with Crippen molar-refractivity contribution in [1.82, 2.24) is 5.32 Å². The van der Waals surface area contributed by atoms with Crippen LogP contribution in [0, 0.1) is 0 Å². The molecule has 1 aromatic carbocycles. The molecule has 0 radical (unpaired) electrons. The fraction of sp³-hybridized carbons (Fsp3) is 0.500. The quantitative estimate of drug-likeness (QED) is 0.879. The molecule has 7 heteroatoms. The summed E-state index contributed by atoms with van der Waals surface area (Å²) in [5.74, 6) is -0.130. The third-order valence-electron chi connectivity index (χ3n) is 3.23. The zero-order chi connectivity index (χ0) is 15.6. The van der Waals surface area contributed by atoms with E-state index in [4.69, 9.17) is 4.74 Å². The Labute approximate surface area is 120 Å². The monoisotopic (exact) mass is 302 g/mol. The molecule has 2 unspecified atom stereocenters. The highest BCUT2D eigenvalue weighted by Crippen LogP contribution is 2.35. The molecular formula is C14H17F3N2O2. The molecule has 1 aliphatic rings. The number of amides is 1. The summed E-state index contributed by atoms with van der Waals surface area (Å²) < 4.78 is 42.3. The molecule has 0 saturated carbocycles. The van der Waals surface area contributed by atoms with Crippen LogP contribution in [0.15, 0.2) is 18.2 Å². The third-order valence-corrected chi connectivity index (χ3v) is 3.23. The van der Waals surface area contributed by atoms with E-state index < -0.39 is 18.3 Å². The molecule has 4 nitrogen and oxygen atoms in total. The molecule has 2 atom stereocenters. The van der Waals surface area contributed by atoms with Crippen LogP contribution in [-0.4, -0.2) is 24.7 Å². The maximum Gasteiger partial charge on any atom is 0.425 e. The first-order valence-corrected chi connectivity index (χ1v) is 6.74. The summed E-state index contributed by atoms with van der Waals surface area (Å²) in [5, 5.41) is 5.73. The third kappa shape index (κ3) is 3.47. The number of nitrogens with one attached hydrogen (secondary N) is 2. The lowest BCUT2D eigenvalue weighted by Crippen LogP contribution is -2.31. The van der Waals surface area contributed by atoms with E-state index in [1.165, 1.54) is 12.1 Å². The molecular weight excluding hydrogens is 285 g/mol. The van der Waals surface area contributed by atoms with Crippen LogP contribution < -0.4 is 15.4 Å². The number of alkyl halides is 3. The molecule has 0 aromatic heterocycles. The average molecular weight is 302 g/mol. The Morgan fingerprint density at radius 3 is 2.76 bits per heavy atom. The van der Waals surface area contributed by atoms with Crippen molar-refractivity contribution in [3.05, 3.63) is 23.8 Å². The van der Waals surface area contributed by atoms with E-state index in [0.29, 0.717) is 12.2 Å². The summed E-state index contributed by atoms with van der Waals surface area (Å²) in [4.78, 5) is 11.8. The Morgan fingerprint density at radius 2 is 2.14 bits per heavy atom. The number of rotatable bonds is 5. The lowest BCUT2D eigenvalue weighted by molar-refractivity contribution is -0.189. The van der Waals surface area contributed by atoms with Gasteiger partial charge in [-0.25, -0.2) is 0 Å². The van der Waals surface area contributed by atoms with Crippen LogP contribution in [0.5, 0.6) is 5.75 Å². The Balaban J connectivity index is 2.14.